The summed E-state index contributed by atoms with van der Waals surface area (Å²) in [6.45, 7) is 1.64. The number of amides is 1. The van der Waals surface area contributed by atoms with Crippen LogP contribution in [0.25, 0.3) is 0 Å². The molecule has 98 valence electrons. The van der Waals surface area contributed by atoms with Crippen molar-refractivity contribution in [2.45, 2.75) is 6.92 Å². The molecule has 19 heavy (non-hydrogen) atoms. The number of hydrogen-bond acceptors (Lipinski definition) is 2. The highest BCUT2D eigenvalue weighted by molar-refractivity contribution is 6.04. The standard InChI is InChI=1S/C14H11F2NO2/c1-8-6-9(2-5-13(8)18)14(19)17-12-4-3-10(15)7-11(12)16/h2-7,18H,1H3,(H,17,19). The lowest BCUT2D eigenvalue weighted by atomic mass is 10.1. The first-order chi connectivity index (χ1) is 8.97. The molecule has 0 saturated carbocycles. The normalized spacial score (nSPS) is 10.3. The minimum Gasteiger partial charge on any atom is -0.508 e. The van der Waals surface area contributed by atoms with Crippen LogP contribution in [0.1, 0.15) is 15.9 Å². The number of aromatic hydroxyl groups is 1. The van der Waals surface area contributed by atoms with Gasteiger partial charge in [-0.3, -0.25) is 4.79 Å². The molecule has 0 aliphatic rings. The summed E-state index contributed by atoms with van der Waals surface area (Å²) in [7, 11) is 0. The lowest BCUT2D eigenvalue weighted by Crippen LogP contribution is -2.13. The summed E-state index contributed by atoms with van der Waals surface area (Å²) in [5, 5.41) is 11.7. The highest BCUT2D eigenvalue weighted by atomic mass is 19.1. The number of phenolic OH excluding ortho intramolecular Hbond substituents is 1. The highest BCUT2D eigenvalue weighted by Gasteiger charge is 2.11. The van der Waals surface area contributed by atoms with Gasteiger partial charge in [-0.15, -0.1) is 0 Å². The molecule has 1 amide bonds. The Morgan fingerprint density at radius 3 is 2.53 bits per heavy atom. The topological polar surface area (TPSA) is 49.3 Å². The third-order valence-corrected chi connectivity index (χ3v) is 2.64. The lowest BCUT2D eigenvalue weighted by Gasteiger charge is -2.07. The summed E-state index contributed by atoms with van der Waals surface area (Å²) in [6, 6.07) is 7.17. The monoisotopic (exact) mass is 263 g/mol. The number of phenols is 1. The first-order valence-electron chi connectivity index (χ1n) is 5.53. The van der Waals surface area contributed by atoms with E-state index >= 15 is 0 Å². The maximum absolute atomic E-state index is 13.4. The number of hydrogen-bond donors (Lipinski definition) is 2. The van der Waals surface area contributed by atoms with E-state index in [1.165, 1.54) is 18.2 Å². The Hall–Kier alpha value is -2.43. The molecule has 0 radical (unpaired) electrons. The van der Waals surface area contributed by atoms with Gasteiger partial charge in [0.2, 0.25) is 0 Å². The summed E-state index contributed by atoms with van der Waals surface area (Å²) < 4.78 is 26.1. The van der Waals surface area contributed by atoms with Gasteiger partial charge in [-0.25, -0.2) is 8.78 Å². The van der Waals surface area contributed by atoms with E-state index in [1.54, 1.807) is 6.92 Å². The Morgan fingerprint density at radius 2 is 1.89 bits per heavy atom. The summed E-state index contributed by atoms with van der Waals surface area (Å²) in [6.07, 6.45) is 0. The first kappa shape index (κ1) is 13.0. The van der Waals surface area contributed by atoms with E-state index in [4.69, 9.17) is 0 Å². The highest BCUT2D eigenvalue weighted by Crippen LogP contribution is 2.19. The average molecular weight is 263 g/mol. The molecule has 0 spiro atoms. The minimum absolute atomic E-state index is 0.0736. The van der Waals surface area contributed by atoms with Crippen LogP contribution in [0, 0.1) is 18.6 Å². The third-order valence-electron chi connectivity index (χ3n) is 2.64. The van der Waals surface area contributed by atoms with E-state index < -0.39 is 17.5 Å². The van der Waals surface area contributed by atoms with Crippen molar-refractivity contribution in [3.05, 3.63) is 59.2 Å². The van der Waals surface area contributed by atoms with Gasteiger partial charge in [0, 0.05) is 11.6 Å². The SMILES string of the molecule is Cc1cc(C(=O)Nc2ccc(F)cc2F)ccc1O. The molecule has 2 aromatic carbocycles. The van der Waals surface area contributed by atoms with Gasteiger partial charge in [-0.1, -0.05) is 0 Å². The van der Waals surface area contributed by atoms with Crippen LogP contribution in [0.15, 0.2) is 36.4 Å². The molecule has 0 atom stereocenters. The van der Waals surface area contributed by atoms with Crippen molar-refractivity contribution < 1.29 is 18.7 Å². The van der Waals surface area contributed by atoms with Gasteiger partial charge < -0.3 is 10.4 Å². The van der Waals surface area contributed by atoms with E-state index in [2.05, 4.69) is 5.32 Å². The van der Waals surface area contributed by atoms with E-state index in [-0.39, 0.29) is 17.0 Å². The van der Waals surface area contributed by atoms with Crippen molar-refractivity contribution in [3.63, 3.8) is 0 Å². The van der Waals surface area contributed by atoms with Crippen molar-refractivity contribution in [3.8, 4) is 5.75 Å². The van der Waals surface area contributed by atoms with Crippen LogP contribution in [-0.4, -0.2) is 11.0 Å². The summed E-state index contributed by atoms with van der Waals surface area (Å²) in [5.41, 5.74) is 0.711. The Bertz CT molecular complexity index is 641. The predicted octanol–water partition coefficient (Wildman–Crippen LogP) is 3.23. The van der Waals surface area contributed by atoms with Crippen LogP contribution in [0.4, 0.5) is 14.5 Å². The second-order valence-corrected chi connectivity index (χ2v) is 4.08. The lowest BCUT2D eigenvalue weighted by molar-refractivity contribution is 0.102. The first-order valence-corrected chi connectivity index (χ1v) is 5.53. The van der Waals surface area contributed by atoms with Crippen molar-refractivity contribution >= 4 is 11.6 Å². The number of rotatable bonds is 2. The molecule has 0 unspecified atom stereocenters. The Morgan fingerprint density at radius 1 is 1.16 bits per heavy atom. The zero-order valence-corrected chi connectivity index (χ0v) is 10.1. The molecule has 0 aliphatic carbocycles. The Kier molecular flexibility index (Phi) is 3.46. The van der Waals surface area contributed by atoms with Gasteiger partial charge in [0.25, 0.3) is 5.91 Å². The molecular formula is C14H11F2NO2. The molecule has 5 heteroatoms. The van der Waals surface area contributed by atoms with Gasteiger partial charge in [0.15, 0.2) is 0 Å². The van der Waals surface area contributed by atoms with Gasteiger partial charge in [-0.2, -0.15) is 0 Å². The van der Waals surface area contributed by atoms with Crippen LogP contribution in [0.3, 0.4) is 0 Å². The molecule has 0 fully saturated rings. The molecule has 2 N–H and O–H groups in total. The number of carbonyl (C=O) groups excluding carboxylic acids is 1. The van der Waals surface area contributed by atoms with Gasteiger partial charge in [0.05, 0.1) is 5.69 Å². The summed E-state index contributed by atoms with van der Waals surface area (Å²) in [4.78, 5) is 11.9. The quantitative estimate of drug-likeness (QED) is 0.873. The fourth-order valence-electron chi connectivity index (χ4n) is 1.58. The molecule has 0 heterocycles. The fourth-order valence-corrected chi connectivity index (χ4v) is 1.58. The molecule has 0 aromatic heterocycles. The Balaban J connectivity index is 2.23. The van der Waals surface area contributed by atoms with Crippen LogP contribution in [0.2, 0.25) is 0 Å². The number of aryl methyl sites for hydroxylation is 1. The van der Waals surface area contributed by atoms with E-state index in [9.17, 15) is 18.7 Å². The number of halogens is 2. The van der Waals surface area contributed by atoms with Crippen LogP contribution < -0.4 is 5.32 Å². The maximum atomic E-state index is 13.4. The van der Waals surface area contributed by atoms with Gasteiger partial charge in [-0.05, 0) is 42.8 Å². The van der Waals surface area contributed by atoms with E-state index in [1.807, 2.05) is 0 Å². The third kappa shape index (κ3) is 2.88. The smallest absolute Gasteiger partial charge is 0.255 e. The molecule has 0 aliphatic heterocycles. The second kappa shape index (κ2) is 5.06. The van der Waals surface area contributed by atoms with Crippen molar-refractivity contribution in [2.24, 2.45) is 0 Å². The molecule has 3 nitrogen and oxygen atoms in total. The molecule has 2 rings (SSSR count). The van der Waals surface area contributed by atoms with Crippen molar-refractivity contribution in [1.82, 2.24) is 0 Å². The maximum Gasteiger partial charge on any atom is 0.255 e. The van der Waals surface area contributed by atoms with Gasteiger partial charge in [0.1, 0.15) is 17.4 Å². The number of benzene rings is 2. The molecule has 2 aromatic rings. The van der Waals surface area contributed by atoms with Gasteiger partial charge >= 0.3 is 0 Å². The average Bonchev–Trinajstić information content (AvgIpc) is 2.36. The van der Waals surface area contributed by atoms with Crippen molar-refractivity contribution in [1.29, 1.82) is 0 Å². The largest absolute Gasteiger partial charge is 0.508 e. The zero-order chi connectivity index (χ0) is 14.0. The number of carbonyl (C=O) groups is 1. The van der Waals surface area contributed by atoms with Crippen molar-refractivity contribution in [2.75, 3.05) is 5.32 Å². The zero-order valence-electron chi connectivity index (χ0n) is 10.1. The number of anilines is 1. The van der Waals surface area contributed by atoms with E-state index in [0.29, 0.717) is 11.6 Å². The molecule has 0 saturated heterocycles. The van der Waals surface area contributed by atoms with Crippen LogP contribution >= 0.6 is 0 Å². The second-order valence-electron chi connectivity index (χ2n) is 4.08. The summed E-state index contributed by atoms with van der Waals surface area (Å²) >= 11 is 0. The number of nitrogens with one attached hydrogen (secondary N) is 1. The molecular weight excluding hydrogens is 252 g/mol. The fraction of sp³-hybridized carbons (Fsp3) is 0.0714. The van der Waals surface area contributed by atoms with Crippen LogP contribution in [-0.2, 0) is 0 Å². The minimum atomic E-state index is -0.844. The summed E-state index contributed by atoms with van der Waals surface area (Å²) in [5.74, 6) is -2.02. The predicted molar refractivity (Wildman–Crippen MR) is 67.2 cm³/mol. The van der Waals surface area contributed by atoms with Crippen LogP contribution in [0.5, 0.6) is 5.75 Å². The molecule has 0 bridgehead atoms. The Labute approximate surface area is 108 Å². The van der Waals surface area contributed by atoms with E-state index in [0.717, 1.165) is 12.1 Å².